The zero-order valence-electron chi connectivity index (χ0n) is 8.66. The van der Waals surface area contributed by atoms with Gasteiger partial charge in [-0.2, -0.15) is 4.98 Å². The molecule has 14 heavy (non-hydrogen) atoms. The summed E-state index contributed by atoms with van der Waals surface area (Å²) in [6.07, 6.45) is 2.52. The molecule has 1 fully saturated rings. The lowest BCUT2D eigenvalue weighted by atomic mass is 10.3. The average Bonchev–Trinajstić information content (AvgIpc) is 2.97. The molecule has 0 bridgehead atoms. The number of anilines is 1. The van der Waals surface area contributed by atoms with Gasteiger partial charge in [0.1, 0.15) is 5.82 Å². The molecule has 1 heterocycles. The third kappa shape index (κ3) is 1.97. The van der Waals surface area contributed by atoms with Gasteiger partial charge in [-0.05, 0) is 18.4 Å². The first-order valence-corrected chi connectivity index (χ1v) is 5.11. The van der Waals surface area contributed by atoms with Crippen LogP contribution in [-0.4, -0.2) is 18.1 Å². The lowest BCUT2D eigenvalue weighted by Crippen LogP contribution is -2.06. The second kappa shape index (κ2) is 3.86. The summed E-state index contributed by atoms with van der Waals surface area (Å²) >= 11 is 0. The van der Waals surface area contributed by atoms with Crippen molar-refractivity contribution in [1.82, 2.24) is 4.98 Å². The molecule has 1 aliphatic rings. The first-order valence-electron chi connectivity index (χ1n) is 5.11. The molecule has 1 saturated carbocycles. The predicted molar refractivity (Wildman–Crippen MR) is 56.6 cm³/mol. The molecule has 0 spiro atoms. The van der Waals surface area contributed by atoms with E-state index in [0.717, 1.165) is 11.7 Å². The van der Waals surface area contributed by atoms with E-state index in [4.69, 9.17) is 4.74 Å². The largest absolute Gasteiger partial charge is 0.481 e. The number of rotatable bonds is 4. The highest BCUT2D eigenvalue weighted by Gasteiger charge is 2.35. The highest BCUT2D eigenvalue weighted by Crippen LogP contribution is 2.35. The van der Waals surface area contributed by atoms with Crippen LogP contribution in [0.4, 0.5) is 5.82 Å². The van der Waals surface area contributed by atoms with Crippen LogP contribution < -0.4 is 10.1 Å². The van der Waals surface area contributed by atoms with Crippen molar-refractivity contribution in [3.8, 4) is 5.88 Å². The lowest BCUT2D eigenvalue weighted by molar-refractivity contribution is 0.398. The van der Waals surface area contributed by atoms with Crippen LogP contribution in [0.25, 0.3) is 0 Å². The minimum atomic E-state index is 0.625. The predicted octanol–water partition coefficient (Wildman–Crippen LogP) is 2.30. The number of nitrogens with one attached hydrogen (secondary N) is 1. The molecule has 0 aromatic carbocycles. The number of nitrogens with zero attached hydrogens (tertiary/aromatic N) is 1. The van der Waals surface area contributed by atoms with E-state index in [2.05, 4.69) is 17.2 Å². The third-order valence-corrected chi connectivity index (χ3v) is 2.71. The van der Waals surface area contributed by atoms with Crippen molar-refractivity contribution in [2.45, 2.75) is 25.8 Å². The Morgan fingerprint density at radius 2 is 2.43 bits per heavy atom. The first kappa shape index (κ1) is 9.31. The Labute approximate surface area is 84.5 Å². The number of ether oxygens (including phenoxy) is 1. The summed E-state index contributed by atoms with van der Waals surface area (Å²) in [4.78, 5) is 4.31. The second-order valence-corrected chi connectivity index (χ2v) is 3.72. The van der Waals surface area contributed by atoms with Gasteiger partial charge in [0.25, 0.3) is 0 Å². The Balaban J connectivity index is 1.96. The van der Waals surface area contributed by atoms with E-state index in [1.165, 1.54) is 12.8 Å². The molecule has 3 heteroatoms. The van der Waals surface area contributed by atoms with Crippen molar-refractivity contribution in [2.24, 2.45) is 5.92 Å². The van der Waals surface area contributed by atoms with Crippen LogP contribution >= 0.6 is 0 Å². The summed E-state index contributed by atoms with van der Waals surface area (Å²) < 4.78 is 5.06. The summed E-state index contributed by atoms with van der Waals surface area (Å²) in [5.74, 6) is 2.43. The maximum atomic E-state index is 5.06. The zero-order chi connectivity index (χ0) is 9.97. The summed E-state index contributed by atoms with van der Waals surface area (Å²) in [5.41, 5.74) is 0. The standard InChI is InChI=1S/C11H16N2O/c1-3-8-7-9(8)12-10-5-4-6-11(13-10)14-2/h4-6,8-9H,3,7H2,1-2H3,(H,12,13). The molecule has 2 atom stereocenters. The van der Waals surface area contributed by atoms with Crippen LogP contribution in [0.5, 0.6) is 5.88 Å². The van der Waals surface area contributed by atoms with Gasteiger partial charge in [0.15, 0.2) is 0 Å². The maximum absolute atomic E-state index is 5.06. The summed E-state index contributed by atoms with van der Waals surface area (Å²) in [7, 11) is 1.64. The number of methoxy groups -OCH3 is 1. The molecule has 0 aliphatic heterocycles. The Morgan fingerprint density at radius 1 is 1.57 bits per heavy atom. The lowest BCUT2D eigenvalue weighted by Gasteiger charge is -2.05. The summed E-state index contributed by atoms with van der Waals surface area (Å²) in [6, 6.07) is 6.42. The van der Waals surface area contributed by atoms with Crippen molar-refractivity contribution >= 4 is 5.82 Å². The van der Waals surface area contributed by atoms with Crippen molar-refractivity contribution in [1.29, 1.82) is 0 Å². The quantitative estimate of drug-likeness (QED) is 0.794. The van der Waals surface area contributed by atoms with Gasteiger partial charge in [0.05, 0.1) is 7.11 Å². The van der Waals surface area contributed by atoms with Gasteiger partial charge < -0.3 is 10.1 Å². The van der Waals surface area contributed by atoms with Crippen molar-refractivity contribution in [2.75, 3.05) is 12.4 Å². The van der Waals surface area contributed by atoms with Gasteiger partial charge in [-0.15, -0.1) is 0 Å². The molecule has 1 aromatic rings. The Hall–Kier alpha value is -1.25. The van der Waals surface area contributed by atoms with Gasteiger partial charge in [-0.1, -0.05) is 19.4 Å². The van der Waals surface area contributed by atoms with Crippen LogP contribution in [0.1, 0.15) is 19.8 Å². The number of hydrogen-bond acceptors (Lipinski definition) is 3. The molecule has 76 valence electrons. The van der Waals surface area contributed by atoms with E-state index >= 15 is 0 Å². The monoisotopic (exact) mass is 192 g/mol. The van der Waals surface area contributed by atoms with E-state index in [9.17, 15) is 0 Å². The second-order valence-electron chi connectivity index (χ2n) is 3.72. The van der Waals surface area contributed by atoms with E-state index < -0.39 is 0 Å². The number of pyridine rings is 1. The topological polar surface area (TPSA) is 34.1 Å². The Bertz CT molecular complexity index is 314. The Kier molecular flexibility index (Phi) is 2.57. The van der Waals surface area contributed by atoms with Crippen molar-refractivity contribution in [3.63, 3.8) is 0 Å². The third-order valence-electron chi connectivity index (χ3n) is 2.71. The Morgan fingerprint density at radius 3 is 3.07 bits per heavy atom. The average molecular weight is 192 g/mol. The van der Waals surface area contributed by atoms with Crippen molar-refractivity contribution < 1.29 is 4.74 Å². The molecule has 0 radical (unpaired) electrons. The molecule has 0 saturated heterocycles. The molecule has 3 nitrogen and oxygen atoms in total. The molecule has 1 N–H and O–H groups in total. The van der Waals surface area contributed by atoms with Gasteiger partial charge in [0, 0.05) is 12.1 Å². The zero-order valence-corrected chi connectivity index (χ0v) is 8.66. The van der Waals surface area contributed by atoms with Crippen LogP contribution in [0.2, 0.25) is 0 Å². The summed E-state index contributed by atoms with van der Waals surface area (Å²) in [5, 5.41) is 3.40. The van der Waals surface area contributed by atoms with E-state index in [1.54, 1.807) is 7.11 Å². The molecular weight excluding hydrogens is 176 g/mol. The van der Waals surface area contributed by atoms with E-state index in [-0.39, 0.29) is 0 Å². The molecule has 2 unspecified atom stereocenters. The first-order chi connectivity index (χ1) is 6.83. The van der Waals surface area contributed by atoms with Crippen LogP contribution in [-0.2, 0) is 0 Å². The SMILES string of the molecule is CCC1CC1Nc1cccc(OC)n1. The normalized spacial score (nSPS) is 24.4. The van der Waals surface area contributed by atoms with Gasteiger partial charge >= 0.3 is 0 Å². The smallest absolute Gasteiger partial charge is 0.214 e. The highest BCUT2D eigenvalue weighted by molar-refractivity contribution is 5.39. The van der Waals surface area contributed by atoms with Crippen LogP contribution in [0.15, 0.2) is 18.2 Å². The fourth-order valence-corrected chi connectivity index (χ4v) is 1.67. The minimum Gasteiger partial charge on any atom is -0.481 e. The highest BCUT2D eigenvalue weighted by atomic mass is 16.5. The minimum absolute atomic E-state index is 0.625. The van der Waals surface area contributed by atoms with Crippen molar-refractivity contribution in [3.05, 3.63) is 18.2 Å². The van der Waals surface area contributed by atoms with Crippen LogP contribution in [0, 0.1) is 5.92 Å². The van der Waals surface area contributed by atoms with Gasteiger partial charge in [-0.25, -0.2) is 0 Å². The van der Waals surface area contributed by atoms with Crippen LogP contribution in [0.3, 0.4) is 0 Å². The molecular formula is C11H16N2O. The maximum Gasteiger partial charge on any atom is 0.214 e. The fourth-order valence-electron chi connectivity index (χ4n) is 1.67. The van der Waals surface area contributed by atoms with E-state index in [1.807, 2.05) is 18.2 Å². The molecule has 0 amide bonds. The number of hydrogen-bond donors (Lipinski definition) is 1. The number of aromatic nitrogens is 1. The van der Waals surface area contributed by atoms with Gasteiger partial charge in [0.2, 0.25) is 5.88 Å². The van der Waals surface area contributed by atoms with E-state index in [0.29, 0.717) is 11.9 Å². The molecule has 1 aromatic heterocycles. The molecule has 1 aliphatic carbocycles. The molecule has 2 rings (SSSR count). The summed E-state index contributed by atoms with van der Waals surface area (Å²) in [6.45, 7) is 2.23. The van der Waals surface area contributed by atoms with Gasteiger partial charge in [-0.3, -0.25) is 0 Å². The fraction of sp³-hybridized carbons (Fsp3) is 0.545.